The van der Waals surface area contributed by atoms with Crippen molar-refractivity contribution in [2.45, 2.75) is 51.0 Å². The van der Waals surface area contributed by atoms with E-state index in [1.807, 2.05) is 6.07 Å². The lowest BCUT2D eigenvalue weighted by atomic mass is 9.87. The van der Waals surface area contributed by atoms with Crippen molar-refractivity contribution in [1.29, 1.82) is 5.26 Å². The van der Waals surface area contributed by atoms with E-state index in [0.29, 0.717) is 0 Å². The second-order valence-electron chi connectivity index (χ2n) is 5.99. The van der Waals surface area contributed by atoms with Gasteiger partial charge in [0.1, 0.15) is 0 Å². The van der Waals surface area contributed by atoms with Gasteiger partial charge in [0.25, 0.3) is 5.91 Å². The molecule has 0 heterocycles. The largest absolute Gasteiger partial charge is 0.349 e. The molecule has 0 saturated heterocycles. The Balaban J connectivity index is 1.61. The van der Waals surface area contributed by atoms with Gasteiger partial charge < -0.3 is 5.32 Å². The van der Waals surface area contributed by atoms with E-state index in [4.69, 9.17) is 5.26 Å². The molecule has 0 unspecified atom stereocenters. The van der Waals surface area contributed by atoms with Gasteiger partial charge in [-0.25, -0.2) is 0 Å². The summed E-state index contributed by atoms with van der Waals surface area (Å²) in [6.45, 7) is 0. The van der Waals surface area contributed by atoms with Gasteiger partial charge in [-0.1, -0.05) is 6.07 Å². The van der Waals surface area contributed by atoms with Crippen molar-refractivity contribution < 1.29 is 4.79 Å². The number of hydrogen-bond acceptors (Lipinski definition) is 2. The number of fused-ring (bicyclic) bond motifs is 1. The SMILES string of the molecule is N#CC1CCC(NC(=O)c2ccc3c(c2)CCC3)CC1. The third kappa shape index (κ3) is 2.70. The molecule has 0 aliphatic heterocycles. The van der Waals surface area contributed by atoms with Crippen LogP contribution in [0.2, 0.25) is 0 Å². The first-order chi connectivity index (χ1) is 9.76. The molecule has 3 heteroatoms. The Morgan fingerprint density at radius 2 is 1.90 bits per heavy atom. The monoisotopic (exact) mass is 268 g/mol. The number of nitrogens with one attached hydrogen (secondary N) is 1. The van der Waals surface area contributed by atoms with Crippen molar-refractivity contribution in [2.24, 2.45) is 5.92 Å². The lowest BCUT2D eigenvalue weighted by molar-refractivity contribution is 0.0925. The Bertz CT molecular complexity index is 551. The van der Waals surface area contributed by atoms with Crippen LogP contribution in [-0.2, 0) is 12.8 Å². The highest BCUT2D eigenvalue weighted by molar-refractivity contribution is 5.94. The number of amides is 1. The zero-order valence-electron chi connectivity index (χ0n) is 11.7. The van der Waals surface area contributed by atoms with E-state index < -0.39 is 0 Å². The van der Waals surface area contributed by atoms with Gasteiger partial charge in [0, 0.05) is 17.5 Å². The van der Waals surface area contributed by atoms with Crippen LogP contribution in [0, 0.1) is 17.2 Å². The standard InChI is InChI=1S/C17H20N2O/c18-11-12-4-8-16(9-5-12)19-17(20)15-7-6-13-2-1-3-14(13)10-15/h6-7,10,12,16H,1-5,8-9H2,(H,19,20). The number of carbonyl (C=O) groups is 1. The Kier molecular flexibility index (Phi) is 3.73. The summed E-state index contributed by atoms with van der Waals surface area (Å²) in [5, 5.41) is 12.0. The highest BCUT2D eigenvalue weighted by Gasteiger charge is 2.23. The summed E-state index contributed by atoms with van der Waals surface area (Å²) in [5.74, 6) is 0.225. The van der Waals surface area contributed by atoms with Crippen molar-refractivity contribution in [3.05, 3.63) is 34.9 Å². The fourth-order valence-electron chi connectivity index (χ4n) is 3.35. The van der Waals surface area contributed by atoms with E-state index in [1.54, 1.807) is 0 Å². The Labute approximate surface area is 120 Å². The zero-order chi connectivity index (χ0) is 13.9. The molecule has 1 amide bonds. The van der Waals surface area contributed by atoms with Crippen molar-refractivity contribution in [1.82, 2.24) is 5.32 Å². The molecule has 3 rings (SSSR count). The van der Waals surface area contributed by atoms with Crippen LogP contribution in [0.4, 0.5) is 0 Å². The normalized spacial score (nSPS) is 24.8. The van der Waals surface area contributed by atoms with Crippen LogP contribution in [0.5, 0.6) is 0 Å². The maximum absolute atomic E-state index is 12.3. The van der Waals surface area contributed by atoms with Crippen LogP contribution in [0.1, 0.15) is 53.6 Å². The summed E-state index contributed by atoms with van der Waals surface area (Å²) in [6.07, 6.45) is 7.12. The minimum absolute atomic E-state index is 0.0418. The van der Waals surface area contributed by atoms with Gasteiger partial charge in [0.15, 0.2) is 0 Å². The molecule has 0 aromatic heterocycles. The van der Waals surface area contributed by atoms with Gasteiger partial charge in [-0.3, -0.25) is 4.79 Å². The van der Waals surface area contributed by atoms with Crippen LogP contribution in [-0.4, -0.2) is 11.9 Å². The average Bonchev–Trinajstić information content (AvgIpc) is 2.95. The summed E-state index contributed by atoms with van der Waals surface area (Å²) in [6, 6.07) is 8.66. The second kappa shape index (κ2) is 5.66. The lowest BCUT2D eigenvalue weighted by Crippen LogP contribution is -2.37. The molecule has 104 valence electrons. The highest BCUT2D eigenvalue weighted by atomic mass is 16.1. The topological polar surface area (TPSA) is 52.9 Å². The number of nitrogens with zero attached hydrogens (tertiary/aromatic N) is 1. The minimum Gasteiger partial charge on any atom is -0.349 e. The van der Waals surface area contributed by atoms with Gasteiger partial charge in [0.2, 0.25) is 0 Å². The fourth-order valence-corrected chi connectivity index (χ4v) is 3.35. The van der Waals surface area contributed by atoms with E-state index in [9.17, 15) is 4.79 Å². The number of aryl methyl sites for hydroxylation is 2. The summed E-state index contributed by atoms with van der Waals surface area (Å²) >= 11 is 0. The Hall–Kier alpha value is -1.82. The number of carbonyl (C=O) groups excluding carboxylic acids is 1. The zero-order valence-corrected chi connectivity index (χ0v) is 11.7. The molecule has 20 heavy (non-hydrogen) atoms. The van der Waals surface area contributed by atoms with Gasteiger partial charge in [-0.05, 0) is 68.2 Å². The highest BCUT2D eigenvalue weighted by Crippen LogP contribution is 2.25. The summed E-state index contributed by atoms with van der Waals surface area (Å²) in [5.41, 5.74) is 3.52. The summed E-state index contributed by atoms with van der Waals surface area (Å²) < 4.78 is 0. The van der Waals surface area contributed by atoms with Gasteiger partial charge in [-0.15, -0.1) is 0 Å². The predicted molar refractivity (Wildman–Crippen MR) is 77.3 cm³/mol. The van der Waals surface area contributed by atoms with Crippen molar-refractivity contribution in [3.8, 4) is 6.07 Å². The molecule has 1 N–H and O–H groups in total. The molecule has 2 aliphatic carbocycles. The summed E-state index contributed by atoms with van der Waals surface area (Å²) in [4.78, 5) is 12.3. The first-order valence-corrected chi connectivity index (χ1v) is 7.58. The van der Waals surface area contributed by atoms with Gasteiger partial charge >= 0.3 is 0 Å². The van der Waals surface area contributed by atoms with Crippen LogP contribution in [0.3, 0.4) is 0 Å². The molecule has 0 radical (unpaired) electrons. The minimum atomic E-state index is 0.0418. The molecule has 3 nitrogen and oxygen atoms in total. The van der Waals surface area contributed by atoms with Gasteiger partial charge in [0.05, 0.1) is 6.07 Å². The Morgan fingerprint density at radius 3 is 2.65 bits per heavy atom. The van der Waals surface area contributed by atoms with Crippen LogP contribution in [0.25, 0.3) is 0 Å². The molecule has 2 aliphatic rings. The molecule has 1 aromatic rings. The number of rotatable bonds is 2. The first-order valence-electron chi connectivity index (χ1n) is 7.58. The third-order valence-electron chi connectivity index (χ3n) is 4.61. The number of benzene rings is 1. The van der Waals surface area contributed by atoms with Crippen LogP contribution in [0.15, 0.2) is 18.2 Å². The molecule has 0 atom stereocenters. The molecule has 1 fully saturated rings. The molecule has 1 aromatic carbocycles. The maximum Gasteiger partial charge on any atom is 0.251 e. The Morgan fingerprint density at radius 1 is 1.15 bits per heavy atom. The number of nitriles is 1. The molecule has 1 saturated carbocycles. The van der Waals surface area contributed by atoms with Gasteiger partial charge in [-0.2, -0.15) is 5.26 Å². The van der Waals surface area contributed by atoms with Crippen molar-refractivity contribution in [2.75, 3.05) is 0 Å². The molecule has 0 bridgehead atoms. The lowest BCUT2D eigenvalue weighted by Gasteiger charge is -2.25. The fraction of sp³-hybridized carbons (Fsp3) is 0.529. The van der Waals surface area contributed by atoms with E-state index >= 15 is 0 Å². The summed E-state index contributed by atoms with van der Waals surface area (Å²) in [7, 11) is 0. The number of hydrogen-bond donors (Lipinski definition) is 1. The van der Waals surface area contributed by atoms with E-state index in [0.717, 1.165) is 44.1 Å². The van der Waals surface area contributed by atoms with Crippen molar-refractivity contribution in [3.63, 3.8) is 0 Å². The third-order valence-corrected chi connectivity index (χ3v) is 4.61. The second-order valence-corrected chi connectivity index (χ2v) is 5.99. The first kappa shape index (κ1) is 13.2. The van der Waals surface area contributed by atoms with E-state index in [2.05, 4.69) is 23.5 Å². The van der Waals surface area contributed by atoms with E-state index in [-0.39, 0.29) is 17.9 Å². The van der Waals surface area contributed by atoms with E-state index in [1.165, 1.54) is 17.5 Å². The smallest absolute Gasteiger partial charge is 0.251 e. The maximum atomic E-state index is 12.3. The predicted octanol–water partition coefficient (Wildman–Crippen LogP) is 2.99. The van der Waals surface area contributed by atoms with Crippen molar-refractivity contribution >= 4 is 5.91 Å². The average molecular weight is 268 g/mol. The molecular weight excluding hydrogens is 248 g/mol. The molecule has 0 spiro atoms. The van der Waals surface area contributed by atoms with Crippen LogP contribution >= 0.6 is 0 Å². The molecular formula is C17H20N2O. The van der Waals surface area contributed by atoms with Crippen LogP contribution < -0.4 is 5.32 Å². The quantitative estimate of drug-likeness (QED) is 0.896.